The number of rotatable bonds is 6. The second-order valence-corrected chi connectivity index (χ2v) is 6.85. The van der Waals surface area contributed by atoms with E-state index in [1.165, 1.54) is 14.2 Å². The lowest BCUT2D eigenvalue weighted by molar-refractivity contribution is -0.138. The van der Waals surface area contributed by atoms with Crippen LogP contribution in [0.1, 0.15) is 12.0 Å². The van der Waals surface area contributed by atoms with Gasteiger partial charge in [0.1, 0.15) is 0 Å². The van der Waals surface area contributed by atoms with Crippen molar-refractivity contribution in [3.05, 3.63) is 88.4 Å². The first kappa shape index (κ1) is 22.1. The van der Waals surface area contributed by atoms with Gasteiger partial charge in [0.2, 0.25) is 0 Å². The molecule has 1 aliphatic carbocycles. The summed E-state index contributed by atoms with van der Waals surface area (Å²) < 4.78 is 9.91. The van der Waals surface area contributed by atoms with Crippen molar-refractivity contribution in [3.63, 3.8) is 0 Å². The lowest BCUT2D eigenvalue weighted by atomic mass is 9.90. The molecule has 2 aromatic rings. The number of anilines is 2. The van der Waals surface area contributed by atoms with E-state index >= 15 is 0 Å². The Hall–Kier alpha value is -4.56. The largest absolute Gasteiger partial charge is 0.466 e. The lowest BCUT2D eigenvalue weighted by Gasteiger charge is -2.28. The van der Waals surface area contributed by atoms with E-state index in [1.807, 2.05) is 0 Å². The molecule has 2 aromatic carbocycles. The molecule has 8 heteroatoms. The van der Waals surface area contributed by atoms with Crippen LogP contribution in [0.2, 0.25) is 0 Å². The Morgan fingerprint density at radius 1 is 1.03 bits per heavy atom. The topological polar surface area (TPSA) is 105 Å². The van der Waals surface area contributed by atoms with E-state index in [0.29, 0.717) is 39.5 Å². The van der Waals surface area contributed by atoms with E-state index in [4.69, 9.17) is 21.3 Å². The Morgan fingerprint density at radius 2 is 1.66 bits per heavy atom. The number of nitriles is 1. The molecule has 32 heavy (non-hydrogen) atoms. The Kier molecular flexibility index (Phi) is 6.89. The Balaban J connectivity index is 1.97. The van der Waals surface area contributed by atoms with Gasteiger partial charge in [-0.2, -0.15) is 5.26 Å². The summed E-state index contributed by atoms with van der Waals surface area (Å²) in [5.74, 6) is -1.07. The normalized spacial score (nSPS) is 15.0. The van der Waals surface area contributed by atoms with Crippen LogP contribution in [-0.4, -0.2) is 32.2 Å². The quantitative estimate of drug-likeness (QED) is 0.530. The van der Waals surface area contributed by atoms with Gasteiger partial charge in [-0.25, -0.2) is 14.4 Å². The van der Waals surface area contributed by atoms with Crippen molar-refractivity contribution in [2.24, 2.45) is 0 Å². The van der Waals surface area contributed by atoms with Crippen molar-refractivity contribution < 1.29 is 19.1 Å². The van der Waals surface area contributed by atoms with Gasteiger partial charge in [-0.05, 0) is 42.5 Å². The highest BCUT2D eigenvalue weighted by molar-refractivity contribution is 5.97. The molecule has 0 bridgehead atoms. The van der Waals surface area contributed by atoms with Crippen LogP contribution in [-0.2, 0) is 19.1 Å². The fourth-order valence-electron chi connectivity index (χ4n) is 3.26. The van der Waals surface area contributed by atoms with Crippen molar-refractivity contribution in [3.8, 4) is 6.07 Å². The zero-order valence-corrected chi connectivity index (χ0v) is 17.5. The van der Waals surface area contributed by atoms with Gasteiger partial charge in [0.25, 0.3) is 0 Å². The third kappa shape index (κ3) is 4.94. The highest BCUT2D eigenvalue weighted by Crippen LogP contribution is 2.30. The monoisotopic (exact) mass is 428 g/mol. The molecule has 160 valence electrons. The number of ether oxygens (including phenoxy) is 2. The number of nitrogens with one attached hydrogen (secondary N) is 2. The van der Waals surface area contributed by atoms with E-state index in [2.05, 4.69) is 21.5 Å². The summed E-state index contributed by atoms with van der Waals surface area (Å²) in [4.78, 5) is 28.4. The molecule has 0 aliphatic heterocycles. The SMILES string of the molecule is [C-]#[N+]c1ccc(NC2=C(C(=O)OC)CC(Nc3ccc(C#N)cc3)C(C(=O)OC)=C2)cc1. The van der Waals surface area contributed by atoms with Crippen LogP contribution < -0.4 is 10.6 Å². The first-order chi connectivity index (χ1) is 15.5. The molecule has 0 saturated heterocycles. The molecule has 0 fully saturated rings. The Bertz CT molecular complexity index is 1170. The summed E-state index contributed by atoms with van der Waals surface area (Å²) >= 11 is 0. The second-order valence-electron chi connectivity index (χ2n) is 6.85. The summed E-state index contributed by atoms with van der Waals surface area (Å²) in [6.07, 6.45) is 1.72. The first-order valence-corrected chi connectivity index (χ1v) is 9.61. The second kappa shape index (κ2) is 9.96. The van der Waals surface area contributed by atoms with Gasteiger partial charge in [0, 0.05) is 23.5 Å². The first-order valence-electron chi connectivity index (χ1n) is 9.61. The molecule has 0 radical (unpaired) electrons. The maximum Gasteiger partial charge on any atom is 0.335 e. The molecule has 0 saturated carbocycles. The van der Waals surface area contributed by atoms with Crippen molar-refractivity contribution in [2.75, 3.05) is 24.9 Å². The predicted octanol–water partition coefficient (Wildman–Crippen LogP) is 3.93. The van der Waals surface area contributed by atoms with Gasteiger partial charge in [0.05, 0.1) is 49.6 Å². The summed E-state index contributed by atoms with van der Waals surface area (Å²) in [6.45, 7) is 7.06. The number of carbonyl (C=O) groups excluding carboxylic acids is 2. The van der Waals surface area contributed by atoms with Crippen LogP contribution in [0.3, 0.4) is 0 Å². The van der Waals surface area contributed by atoms with Crippen LogP contribution in [0.4, 0.5) is 17.1 Å². The number of hydrogen-bond acceptors (Lipinski definition) is 7. The zero-order valence-electron chi connectivity index (χ0n) is 17.5. The Morgan fingerprint density at radius 3 is 2.22 bits per heavy atom. The zero-order chi connectivity index (χ0) is 23.1. The molecular weight excluding hydrogens is 408 g/mol. The smallest absolute Gasteiger partial charge is 0.335 e. The number of allylic oxidation sites excluding steroid dienone is 1. The molecule has 3 rings (SSSR count). The average molecular weight is 428 g/mol. The van der Waals surface area contributed by atoms with Gasteiger partial charge in [-0.15, -0.1) is 0 Å². The minimum atomic E-state index is -0.556. The maximum atomic E-state index is 12.5. The Labute approximate surface area is 185 Å². The van der Waals surface area contributed by atoms with Crippen molar-refractivity contribution in [1.82, 2.24) is 0 Å². The van der Waals surface area contributed by atoms with Crippen LogP contribution in [0.25, 0.3) is 4.85 Å². The predicted molar refractivity (Wildman–Crippen MR) is 119 cm³/mol. The molecule has 0 heterocycles. The minimum Gasteiger partial charge on any atom is -0.466 e. The number of carbonyl (C=O) groups is 2. The van der Waals surface area contributed by atoms with E-state index in [1.54, 1.807) is 54.6 Å². The third-order valence-electron chi connectivity index (χ3n) is 4.89. The number of nitrogens with zero attached hydrogens (tertiary/aromatic N) is 2. The van der Waals surface area contributed by atoms with Gasteiger partial charge in [-0.3, -0.25) is 0 Å². The van der Waals surface area contributed by atoms with Crippen LogP contribution in [0.5, 0.6) is 0 Å². The number of esters is 2. The molecule has 1 atom stereocenters. The van der Waals surface area contributed by atoms with Crippen molar-refractivity contribution in [1.29, 1.82) is 5.26 Å². The van der Waals surface area contributed by atoms with Gasteiger partial charge in [0.15, 0.2) is 5.69 Å². The van der Waals surface area contributed by atoms with Crippen molar-refractivity contribution >= 4 is 29.0 Å². The molecular formula is C24H20N4O4. The van der Waals surface area contributed by atoms with Crippen LogP contribution >= 0.6 is 0 Å². The fraction of sp³-hybridized carbons (Fsp3) is 0.167. The van der Waals surface area contributed by atoms with Gasteiger partial charge < -0.3 is 20.1 Å². The fourth-order valence-corrected chi connectivity index (χ4v) is 3.26. The molecule has 1 aliphatic rings. The van der Waals surface area contributed by atoms with Gasteiger partial charge in [-0.1, -0.05) is 12.1 Å². The van der Waals surface area contributed by atoms with E-state index in [0.717, 1.165) is 0 Å². The standard InChI is InChI=1S/C24H20N4O4/c1-26-16-8-10-18(11-9-16)28-22-13-19(23(29)31-2)21(12-20(22)24(30)32-3)27-17-6-4-15(14-25)5-7-17/h4-11,13,21,27-28H,12H2,2-3H3. The van der Waals surface area contributed by atoms with E-state index in [9.17, 15) is 9.59 Å². The third-order valence-corrected chi connectivity index (χ3v) is 4.89. The molecule has 0 spiro atoms. The molecule has 0 amide bonds. The average Bonchev–Trinajstić information content (AvgIpc) is 2.84. The minimum absolute atomic E-state index is 0.163. The number of benzene rings is 2. The maximum absolute atomic E-state index is 12.5. The summed E-state index contributed by atoms with van der Waals surface area (Å²) in [6, 6.07) is 15.0. The van der Waals surface area contributed by atoms with Gasteiger partial charge >= 0.3 is 11.9 Å². The van der Waals surface area contributed by atoms with Crippen LogP contribution in [0, 0.1) is 17.9 Å². The summed E-state index contributed by atoms with van der Waals surface area (Å²) in [5, 5.41) is 15.3. The van der Waals surface area contributed by atoms with Crippen molar-refractivity contribution in [2.45, 2.75) is 12.5 Å². The lowest BCUT2D eigenvalue weighted by Crippen LogP contribution is -2.33. The summed E-state index contributed by atoms with van der Waals surface area (Å²) in [7, 11) is 2.58. The molecule has 0 aromatic heterocycles. The number of methoxy groups -OCH3 is 2. The highest BCUT2D eigenvalue weighted by Gasteiger charge is 2.32. The molecule has 8 nitrogen and oxygen atoms in total. The summed E-state index contributed by atoms with van der Waals surface area (Å²) in [5.41, 5.74) is 3.40. The van der Waals surface area contributed by atoms with E-state index < -0.39 is 18.0 Å². The van der Waals surface area contributed by atoms with E-state index in [-0.39, 0.29) is 6.42 Å². The molecule has 1 unspecified atom stereocenters. The van der Waals surface area contributed by atoms with Crippen LogP contribution in [0.15, 0.2) is 71.5 Å². The molecule has 2 N–H and O–H groups in total. The number of hydrogen-bond donors (Lipinski definition) is 2. The highest BCUT2D eigenvalue weighted by atomic mass is 16.5.